The van der Waals surface area contributed by atoms with Gasteiger partial charge >= 0.3 is 0 Å². The van der Waals surface area contributed by atoms with Crippen molar-refractivity contribution in [3.8, 4) is 0 Å². The van der Waals surface area contributed by atoms with Gasteiger partial charge in [-0.2, -0.15) is 4.99 Å². The summed E-state index contributed by atoms with van der Waals surface area (Å²) in [6.45, 7) is 0. The lowest BCUT2D eigenvalue weighted by molar-refractivity contribution is 0.722. The van der Waals surface area contributed by atoms with Gasteiger partial charge in [-0.1, -0.05) is 60.7 Å². The molecule has 0 spiro atoms. The molecule has 0 saturated heterocycles. The second-order valence-corrected chi connectivity index (χ2v) is 4.64. The van der Waals surface area contributed by atoms with Crippen molar-refractivity contribution >= 4 is 24.3 Å². The van der Waals surface area contributed by atoms with Crippen LogP contribution in [0.25, 0.3) is 0 Å². The Labute approximate surface area is 136 Å². The molecule has 2 aromatic rings. The Kier molecular flexibility index (Phi) is 6.92. The SMILES string of the molecule is Cl.NC(N)=NC(N)=NC(Cc1ccccc1)c1ccccc1. The molecule has 0 aliphatic heterocycles. The number of hydrogen-bond acceptors (Lipinski definition) is 1. The smallest absolute Gasteiger partial charge is 0.219 e. The van der Waals surface area contributed by atoms with E-state index in [0.29, 0.717) is 0 Å². The minimum atomic E-state index is -0.128. The first-order chi connectivity index (χ1) is 10.1. The van der Waals surface area contributed by atoms with Crippen LogP contribution in [-0.2, 0) is 6.42 Å². The van der Waals surface area contributed by atoms with E-state index < -0.39 is 0 Å². The first kappa shape index (κ1) is 17.5. The fourth-order valence-corrected chi connectivity index (χ4v) is 2.07. The highest BCUT2D eigenvalue weighted by atomic mass is 35.5. The Balaban J connectivity index is 0.00000242. The molecule has 0 saturated carbocycles. The average molecular weight is 318 g/mol. The van der Waals surface area contributed by atoms with Gasteiger partial charge in [0.1, 0.15) is 0 Å². The molecule has 0 aliphatic rings. The Bertz CT molecular complexity index is 621. The third-order valence-electron chi connectivity index (χ3n) is 2.99. The van der Waals surface area contributed by atoms with E-state index in [2.05, 4.69) is 22.1 Å². The zero-order valence-electron chi connectivity index (χ0n) is 12.1. The van der Waals surface area contributed by atoms with Crippen LogP contribution in [0.2, 0.25) is 0 Å². The Morgan fingerprint density at radius 2 is 1.41 bits per heavy atom. The van der Waals surface area contributed by atoms with Crippen LogP contribution in [0.3, 0.4) is 0 Å². The Hall–Kier alpha value is -2.53. The highest BCUT2D eigenvalue weighted by molar-refractivity contribution is 5.92. The maximum absolute atomic E-state index is 5.77. The average Bonchev–Trinajstić information content (AvgIpc) is 2.48. The van der Waals surface area contributed by atoms with E-state index in [0.717, 1.165) is 12.0 Å². The molecule has 0 aliphatic carbocycles. The van der Waals surface area contributed by atoms with Crippen LogP contribution in [-0.4, -0.2) is 11.9 Å². The molecule has 0 bridgehead atoms. The van der Waals surface area contributed by atoms with Crippen molar-refractivity contribution in [3.63, 3.8) is 0 Å². The van der Waals surface area contributed by atoms with E-state index in [1.165, 1.54) is 5.56 Å². The molecule has 2 rings (SSSR count). The number of nitrogens with two attached hydrogens (primary N) is 3. The van der Waals surface area contributed by atoms with Gasteiger partial charge in [0.25, 0.3) is 0 Å². The summed E-state index contributed by atoms with van der Waals surface area (Å²) < 4.78 is 0. The van der Waals surface area contributed by atoms with Gasteiger partial charge in [-0.05, 0) is 17.5 Å². The molecule has 0 aromatic heterocycles. The molecule has 5 nitrogen and oxygen atoms in total. The predicted octanol–water partition coefficient (Wildman–Crippen LogP) is 1.98. The standard InChI is InChI=1S/C16H19N5.ClH/c17-15(18)21-16(19)20-14(13-9-5-2-6-10-13)11-12-7-3-1-4-8-12;/h1-10,14H,11H2,(H6,17,18,19,20,21);1H. The number of guanidine groups is 2. The van der Waals surface area contributed by atoms with Gasteiger partial charge in [0.05, 0.1) is 6.04 Å². The Morgan fingerprint density at radius 3 is 1.95 bits per heavy atom. The van der Waals surface area contributed by atoms with Crippen LogP contribution in [0, 0.1) is 0 Å². The molecular weight excluding hydrogens is 298 g/mol. The van der Waals surface area contributed by atoms with Gasteiger partial charge in [-0.25, -0.2) is 4.99 Å². The summed E-state index contributed by atoms with van der Waals surface area (Å²) in [5, 5.41) is 0. The quantitative estimate of drug-likeness (QED) is 0.593. The van der Waals surface area contributed by atoms with Gasteiger partial charge in [0.2, 0.25) is 5.96 Å². The summed E-state index contributed by atoms with van der Waals surface area (Å²) in [5.74, 6) is -0.0115. The van der Waals surface area contributed by atoms with E-state index in [9.17, 15) is 0 Å². The van der Waals surface area contributed by atoms with Gasteiger partial charge < -0.3 is 17.2 Å². The largest absolute Gasteiger partial charge is 0.370 e. The molecule has 116 valence electrons. The second kappa shape index (κ2) is 8.69. The zero-order valence-corrected chi connectivity index (χ0v) is 12.9. The lowest BCUT2D eigenvalue weighted by atomic mass is 9.99. The van der Waals surface area contributed by atoms with E-state index in [1.807, 2.05) is 48.5 Å². The molecule has 0 radical (unpaired) electrons. The van der Waals surface area contributed by atoms with Gasteiger partial charge in [0, 0.05) is 0 Å². The highest BCUT2D eigenvalue weighted by Crippen LogP contribution is 2.22. The van der Waals surface area contributed by atoms with Crippen LogP contribution in [0.1, 0.15) is 17.2 Å². The van der Waals surface area contributed by atoms with Crippen molar-refractivity contribution in [2.45, 2.75) is 12.5 Å². The molecule has 6 heteroatoms. The fraction of sp³-hybridized carbons (Fsp3) is 0.125. The van der Waals surface area contributed by atoms with Crippen molar-refractivity contribution in [2.24, 2.45) is 27.2 Å². The maximum atomic E-state index is 5.77. The van der Waals surface area contributed by atoms with Crippen molar-refractivity contribution < 1.29 is 0 Å². The molecule has 1 unspecified atom stereocenters. The van der Waals surface area contributed by atoms with E-state index in [1.54, 1.807) is 0 Å². The van der Waals surface area contributed by atoms with Crippen LogP contribution in [0.4, 0.5) is 0 Å². The fourth-order valence-electron chi connectivity index (χ4n) is 2.07. The lowest BCUT2D eigenvalue weighted by Crippen LogP contribution is -2.26. The summed E-state index contributed by atoms with van der Waals surface area (Å²) in [5.41, 5.74) is 18.7. The summed E-state index contributed by atoms with van der Waals surface area (Å²) in [6, 6.07) is 19.9. The van der Waals surface area contributed by atoms with Gasteiger partial charge in [-0.3, -0.25) is 0 Å². The topological polar surface area (TPSA) is 103 Å². The van der Waals surface area contributed by atoms with Crippen LogP contribution < -0.4 is 17.2 Å². The van der Waals surface area contributed by atoms with Crippen molar-refractivity contribution in [1.29, 1.82) is 0 Å². The molecule has 1 atom stereocenters. The number of rotatable bonds is 4. The van der Waals surface area contributed by atoms with Crippen LogP contribution in [0.15, 0.2) is 70.6 Å². The summed E-state index contributed by atoms with van der Waals surface area (Å²) >= 11 is 0. The van der Waals surface area contributed by atoms with Crippen molar-refractivity contribution in [1.82, 2.24) is 0 Å². The first-order valence-corrected chi connectivity index (χ1v) is 6.67. The Morgan fingerprint density at radius 1 is 0.864 bits per heavy atom. The minimum absolute atomic E-state index is 0. The van der Waals surface area contributed by atoms with Gasteiger partial charge in [0.15, 0.2) is 5.96 Å². The number of nitrogens with zero attached hydrogens (tertiary/aromatic N) is 2. The molecule has 0 heterocycles. The van der Waals surface area contributed by atoms with E-state index in [-0.39, 0.29) is 30.4 Å². The molecule has 0 fully saturated rings. The minimum Gasteiger partial charge on any atom is -0.370 e. The lowest BCUT2D eigenvalue weighted by Gasteiger charge is -2.13. The van der Waals surface area contributed by atoms with Crippen molar-refractivity contribution in [2.75, 3.05) is 0 Å². The van der Waals surface area contributed by atoms with Crippen LogP contribution in [0.5, 0.6) is 0 Å². The number of aliphatic imine (C=N–C) groups is 2. The predicted molar refractivity (Wildman–Crippen MR) is 94.0 cm³/mol. The molecule has 22 heavy (non-hydrogen) atoms. The normalized spacial score (nSPS) is 12.1. The van der Waals surface area contributed by atoms with E-state index in [4.69, 9.17) is 17.2 Å². The summed E-state index contributed by atoms with van der Waals surface area (Å²) in [7, 11) is 0. The second-order valence-electron chi connectivity index (χ2n) is 4.64. The molecule has 6 N–H and O–H groups in total. The monoisotopic (exact) mass is 317 g/mol. The number of hydrogen-bond donors (Lipinski definition) is 3. The summed E-state index contributed by atoms with van der Waals surface area (Å²) in [6.07, 6.45) is 0.728. The summed E-state index contributed by atoms with van der Waals surface area (Å²) in [4.78, 5) is 8.21. The van der Waals surface area contributed by atoms with E-state index >= 15 is 0 Å². The first-order valence-electron chi connectivity index (χ1n) is 6.67. The maximum Gasteiger partial charge on any atom is 0.219 e. The van der Waals surface area contributed by atoms with Gasteiger partial charge in [-0.15, -0.1) is 12.4 Å². The van der Waals surface area contributed by atoms with Crippen LogP contribution >= 0.6 is 12.4 Å². The molecular formula is C16H20ClN5. The molecule has 2 aromatic carbocycles. The number of benzene rings is 2. The highest BCUT2D eigenvalue weighted by Gasteiger charge is 2.11. The third kappa shape index (κ3) is 5.46. The third-order valence-corrected chi connectivity index (χ3v) is 2.99. The molecule has 0 amide bonds. The number of halogens is 1. The zero-order chi connectivity index (χ0) is 15.1. The van der Waals surface area contributed by atoms with Crippen molar-refractivity contribution in [3.05, 3.63) is 71.8 Å².